The Labute approximate surface area is 150 Å². The summed E-state index contributed by atoms with van der Waals surface area (Å²) in [6.07, 6.45) is 6.48. The highest BCUT2D eigenvalue weighted by Crippen LogP contribution is 2.09. The Balaban J connectivity index is 1.52. The zero-order chi connectivity index (χ0) is 17.5. The van der Waals surface area contributed by atoms with Crippen LogP contribution in [0.3, 0.4) is 0 Å². The molecule has 0 fully saturated rings. The first kappa shape index (κ1) is 16.9. The van der Waals surface area contributed by atoms with E-state index in [4.69, 9.17) is 11.6 Å². The SMILES string of the molecule is O=C(NCc1ccc(Cl)cc1)c1cnc(NCc2cccnc2)nc1. The molecular formula is C18H16ClN5O. The Morgan fingerprint density at radius 1 is 0.960 bits per heavy atom. The predicted molar refractivity (Wildman–Crippen MR) is 96.2 cm³/mol. The van der Waals surface area contributed by atoms with Crippen LogP contribution < -0.4 is 10.6 Å². The van der Waals surface area contributed by atoms with Crippen molar-refractivity contribution < 1.29 is 4.79 Å². The minimum Gasteiger partial charge on any atom is -0.350 e. The number of hydrogen-bond donors (Lipinski definition) is 2. The number of nitrogens with zero attached hydrogens (tertiary/aromatic N) is 3. The van der Waals surface area contributed by atoms with Crippen molar-refractivity contribution in [3.8, 4) is 0 Å². The fourth-order valence-corrected chi connectivity index (χ4v) is 2.23. The Kier molecular flexibility index (Phi) is 5.53. The largest absolute Gasteiger partial charge is 0.350 e. The zero-order valence-electron chi connectivity index (χ0n) is 13.3. The van der Waals surface area contributed by atoms with Gasteiger partial charge in [-0.3, -0.25) is 9.78 Å². The van der Waals surface area contributed by atoms with Crippen LogP contribution in [0.4, 0.5) is 5.95 Å². The molecule has 2 heterocycles. The Morgan fingerprint density at radius 2 is 1.72 bits per heavy atom. The molecule has 1 aromatic carbocycles. The summed E-state index contributed by atoms with van der Waals surface area (Å²) < 4.78 is 0. The second kappa shape index (κ2) is 8.21. The predicted octanol–water partition coefficient (Wildman–Crippen LogP) is 3.07. The van der Waals surface area contributed by atoms with Gasteiger partial charge in [-0.1, -0.05) is 29.8 Å². The zero-order valence-corrected chi connectivity index (χ0v) is 14.1. The molecule has 0 bridgehead atoms. The van der Waals surface area contributed by atoms with Crippen molar-refractivity contribution in [3.05, 3.63) is 82.9 Å². The summed E-state index contributed by atoms with van der Waals surface area (Å²) in [6, 6.07) is 11.1. The normalized spacial score (nSPS) is 10.3. The monoisotopic (exact) mass is 353 g/mol. The number of aromatic nitrogens is 3. The fraction of sp³-hybridized carbons (Fsp3) is 0.111. The molecule has 2 N–H and O–H groups in total. The molecule has 7 heteroatoms. The summed E-state index contributed by atoms with van der Waals surface area (Å²) in [7, 11) is 0. The molecule has 0 aliphatic carbocycles. The molecule has 0 aliphatic rings. The molecule has 0 saturated carbocycles. The van der Waals surface area contributed by atoms with Crippen LogP contribution in [0.25, 0.3) is 0 Å². The molecule has 2 aromatic heterocycles. The standard InChI is InChI=1S/C18H16ClN5O/c19-16-5-3-13(4-6-16)9-21-17(25)15-11-23-18(24-12-15)22-10-14-2-1-7-20-8-14/h1-8,11-12H,9-10H2,(H,21,25)(H,22,23,24). The number of rotatable bonds is 6. The smallest absolute Gasteiger partial charge is 0.254 e. The first-order valence-corrected chi connectivity index (χ1v) is 8.06. The number of nitrogens with one attached hydrogen (secondary N) is 2. The third kappa shape index (κ3) is 4.99. The van der Waals surface area contributed by atoms with Gasteiger partial charge in [0.05, 0.1) is 5.56 Å². The maximum atomic E-state index is 12.1. The molecule has 0 spiro atoms. The van der Waals surface area contributed by atoms with Gasteiger partial charge in [0, 0.05) is 42.9 Å². The number of pyridine rings is 1. The molecule has 3 rings (SSSR count). The van der Waals surface area contributed by atoms with Crippen molar-refractivity contribution in [3.63, 3.8) is 0 Å². The minimum atomic E-state index is -0.228. The van der Waals surface area contributed by atoms with Crippen molar-refractivity contribution in [1.29, 1.82) is 0 Å². The highest BCUT2D eigenvalue weighted by Gasteiger charge is 2.07. The van der Waals surface area contributed by atoms with Crippen LogP contribution in [0.1, 0.15) is 21.5 Å². The van der Waals surface area contributed by atoms with E-state index in [1.807, 2.05) is 24.3 Å². The molecule has 0 atom stereocenters. The van der Waals surface area contributed by atoms with Crippen LogP contribution in [-0.2, 0) is 13.1 Å². The van der Waals surface area contributed by atoms with E-state index in [1.54, 1.807) is 24.5 Å². The van der Waals surface area contributed by atoms with Crippen LogP contribution in [-0.4, -0.2) is 20.9 Å². The van der Waals surface area contributed by atoms with E-state index in [0.717, 1.165) is 11.1 Å². The van der Waals surface area contributed by atoms with Crippen molar-refractivity contribution in [2.45, 2.75) is 13.1 Å². The third-order valence-electron chi connectivity index (χ3n) is 3.45. The van der Waals surface area contributed by atoms with Crippen LogP contribution in [0.2, 0.25) is 5.02 Å². The molecule has 3 aromatic rings. The number of hydrogen-bond acceptors (Lipinski definition) is 5. The summed E-state index contributed by atoms with van der Waals surface area (Å²) in [5.74, 6) is 0.229. The van der Waals surface area contributed by atoms with Crippen molar-refractivity contribution in [2.75, 3.05) is 5.32 Å². The van der Waals surface area contributed by atoms with Gasteiger partial charge in [-0.25, -0.2) is 9.97 Å². The lowest BCUT2D eigenvalue weighted by atomic mass is 10.2. The lowest BCUT2D eigenvalue weighted by Crippen LogP contribution is -2.23. The second-order valence-corrected chi connectivity index (χ2v) is 5.76. The van der Waals surface area contributed by atoms with E-state index in [-0.39, 0.29) is 5.91 Å². The molecular weight excluding hydrogens is 338 g/mol. The van der Waals surface area contributed by atoms with Gasteiger partial charge in [0.1, 0.15) is 0 Å². The molecule has 25 heavy (non-hydrogen) atoms. The third-order valence-corrected chi connectivity index (χ3v) is 3.71. The number of carbonyl (C=O) groups is 1. The summed E-state index contributed by atoms with van der Waals surface area (Å²) in [5.41, 5.74) is 2.39. The van der Waals surface area contributed by atoms with Crippen LogP contribution >= 0.6 is 11.6 Å². The van der Waals surface area contributed by atoms with Crippen molar-refractivity contribution in [2.24, 2.45) is 0 Å². The molecule has 126 valence electrons. The van der Waals surface area contributed by atoms with E-state index >= 15 is 0 Å². The van der Waals surface area contributed by atoms with Gasteiger partial charge in [0.15, 0.2) is 0 Å². The van der Waals surface area contributed by atoms with Gasteiger partial charge in [-0.05, 0) is 29.3 Å². The van der Waals surface area contributed by atoms with E-state index in [1.165, 1.54) is 12.4 Å². The first-order valence-electron chi connectivity index (χ1n) is 7.68. The number of carbonyl (C=O) groups excluding carboxylic acids is 1. The van der Waals surface area contributed by atoms with Crippen LogP contribution in [0.15, 0.2) is 61.2 Å². The minimum absolute atomic E-state index is 0.228. The summed E-state index contributed by atoms with van der Waals surface area (Å²) in [4.78, 5) is 24.5. The second-order valence-electron chi connectivity index (χ2n) is 5.32. The van der Waals surface area contributed by atoms with Gasteiger partial charge in [-0.15, -0.1) is 0 Å². The van der Waals surface area contributed by atoms with Gasteiger partial charge >= 0.3 is 0 Å². The molecule has 1 amide bonds. The number of anilines is 1. The van der Waals surface area contributed by atoms with E-state index in [0.29, 0.717) is 29.6 Å². The summed E-state index contributed by atoms with van der Waals surface area (Å²) in [6.45, 7) is 0.979. The molecule has 6 nitrogen and oxygen atoms in total. The topological polar surface area (TPSA) is 79.8 Å². The Hall–Kier alpha value is -2.99. The lowest BCUT2D eigenvalue weighted by Gasteiger charge is -2.07. The maximum absolute atomic E-state index is 12.1. The fourth-order valence-electron chi connectivity index (χ4n) is 2.11. The molecule has 0 radical (unpaired) electrons. The van der Waals surface area contributed by atoms with Gasteiger partial charge in [0.2, 0.25) is 5.95 Å². The lowest BCUT2D eigenvalue weighted by molar-refractivity contribution is 0.0950. The summed E-state index contributed by atoms with van der Waals surface area (Å²) in [5, 5.41) is 6.57. The number of halogens is 1. The highest BCUT2D eigenvalue weighted by atomic mass is 35.5. The van der Waals surface area contributed by atoms with E-state index < -0.39 is 0 Å². The first-order chi connectivity index (χ1) is 12.2. The quantitative estimate of drug-likeness (QED) is 0.712. The molecule has 0 unspecified atom stereocenters. The van der Waals surface area contributed by atoms with Crippen LogP contribution in [0.5, 0.6) is 0 Å². The van der Waals surface area contributed by atoms with Gasteiger partial charge in [-0.2, -0.15) is 0 Å². The average molecular weight is 354 g/mol. The summed E-state index contributed by atoms with van der Waals surface area (Å²) >= 11 is 5.84. The van der Waals surface area contributed by atoms with Crippen molar-refractivity contribution >= 4 is 23.5 Å². The Bertz CT molecular complexity index is 822. The average Bonchev–Trinajstić information content (AvgIpc) is 2.67. The van der Waals surface area contributed by atoms with E-state index in [9.17, 15) is 4.79 Å². The molecule has 0 aliphatic heterocycles. The molecule has 0 saturated heterocycles. The van der Waals surface area contributed by atoms with Gasteiger partial charge < -0.3 is 10.6 Å². The maximum Gasteiger partial charge on any atom is 0.254 e. The van der Waals surface area contributed by atoms with Crippen LogP contribution in [0, 0.1) is 0 Å². The van der Waals surface area contributed by atoms with E-state index in [2.05, 4.69) is 25.6 Å². The number of amides is 1. The Morgan fingerprint density at radius 3 is 2.40 bits per heavy atom. The van der Waals surface area contributed by atoms with Gasteiger partial charge in [0.25, 0.3) is 5.91 Å². The number of benzene rings is 1. The highest BCUT2D eigenvalue weighted by molar-refractivity contribution is 6.30. The van der Waals surface area contributed by atoms with Crippen molar-refractivity contribution in [1.82, 2.24) is 20.3 Å².